The smallest absolute Gasteiger partial charge is 0.119 e. The molecule has 0 atom stereocenters. The van der Waals surface area contributed by atoms with Gasteiger partial charge in [-0.2, -0.15) is 0 Å². The summed E-state index contributed by atoms with van der Waals surface area (Å²) < 4.78 is 5.33. The van der Waals surface area contributed by atoms with Gasteiger partial charge in [-0.3, -0.25) is 4.90 Å². The van der Waals surface area contributed by atoms with Crippen LogP contribution in [0.3, 0.4) is 0 Å². The number of rotatable bonds is 2. The molecule has 3 nitrogen and oxygen atoms in total. The number of benzene rings is 1. The lowest BCUT2D eigenvalue weighted by Gasteiger charge is -2.37. The molecule has 0 bridgehead atoms. The molecule has 0 aliphatic carbocycles. The molecule has 0 radical (unpaired) electrons. The largest absolute Gasteiger partial charge is 0.497 e. The summed E-state index contributed by atoms with van der Waals surface area (Å²) in [7, 11) is 1.75. The summed E-state index contributed by atoms with van der Waals surface area (Å²) in [6, 6.07) is 7.29. The fourth-order valence-electron chi connectivity index (χ4n) is 3.17. The second-order valence-electron chi connectivity index (χ2n) is 5.34. The van der Waals surface area contributed by atoms with E-state index >= 15 is 0 Å². The van der Waals surface area contributed by atoms with Crippen molar-refractivity contribution < 1.29 is 4.74 Å². The normalized spacial score (nSPS) is 21.6. The molecule has 1 saturated heterocycles. The van der Waals surface area contributed by atoms with Crippen LogP contribution >= 0.6 is 0 Å². The maximum absolute atomic E-state index is 5.33. The van der Waals surface area contributed by atoms with Gasteiger partial charge in [-0.1, -0.05) is 6.07 Å². The van der Waals surface area contributed by atoms with E-state index in [2.05, 4.69) is 28.4 Å². The molecule has 1 aromatic carbocycles. The minimum absolute atomic E-state index is 0.769. The van der Waals surface area contributed by atoms with E-state index in [0.29, 0.717) is 0 Å². The third-order valence-electron chi connectivity index (χ3n) is 4.28. The second-order valence-corrected chi connectivity index (χ2v) is 5.34. The molecule has 2 aliphatic rings. The van der Waals surface area contributed by atoms with E-state index in [9.17, 15) is 0 Å². The van der Waals surface area contributed by atoms with Gasteiger partial charge in [-0.15, -0.1) is 0 Å². The number of nitrogens with one attached hydrogen (secondary N) is 1. The summed E-state index contributed by atoms with van der Waals surface area (Å²) in [6.45, 7) is 4.65. The lowest BCUT2D eigenvalue weighted by atomic mass is 9.95. The number of piperidine rings is 1. The monoisotopic (exact) mass is 246 g/mol. The molecule has 0 spiro atoms. The molecule has 0 amide bonds. The average Bonchev–Trinajstić information content (AvgIpc) is 2.47. The Morgan fingerprint density at radius 2 is 2.06 bits per heavy atom. The molecule has 0 unspecified atom stereocenters. The second kappa shape index (κ2) is 5.29. The number of fused-ring (bicyclic) bond motifs is 1. The van der Waals surface area contributed by atoms with Crippen molar-refractivity contribution >= 4 is 0 Å². The van der Waals surface area contributed by atoms with Crippen molar-refractivity contribution in [3.63, 3.8) is 0 Å². The van der Waals surface area contributed by atoms with Crippen molar-refractivity contribution in [2.45, 2.75) is 31.8 Å². The summed E-state index contributed by atoms with van der Waals surface area (Å²) in [6.07, 6.45) is 3.77. The minimum atomic E-state index is 0.769. The first kappa shape index (κ1) is 12.0. The van der Waals surface area contributed by atoms with E-state index in [0.717, 1.165) is 18.3 Å². The zero-order valence-corrected chi connectivity index (χ0v) is 11.1. The Hall–Kier alpha value is -1.06. The third kappa shape index (κ3) is 2.38. The number of nitrogens with zero attached hydrogens (tertiary/aromatic N) is 1. The van der Waals surface area contributed by atoms with Crippen molar-refractivity contribution in [3.8, 4) is 5.75 Å². The predicted molar refractivity (Wildman–Crippen MR) is 73.0 cm³/mol. The first-order chi connectivity index (χ1) is 8.86. The lowest BCUT2D eigenvalue weighted by Crippen LogP contribution is -2.45. The zero-order valence-electron chi connectivity index (χ0n) is 11.1. The van der Waals surface area contributed by atoms with Crippen LogP contribution in [0.2, 0.25) is 0 Å². The van der Waals surface area contributed by atoms with Gasteiger partial charge in [0.25, 0.3) is 0 Å². The van der Waals surface area contributed by atoms with Crippen LogP contribution in [0.15, 0.2) is 18.2 Å². The van der Waals surface area contributed by atoms with Gasteiger partial charge in [0.2, 0.25) is 0 Å². The highest BCUT2D eigenvalue weighted by molar-refractivity contribution is 5.37. The van der Waals surface area contributed by atoms with Crippen LogP contribution in [0.1, 0.15) is 24.0 Å². The third-order valence-corrected chi connectivity index (χ3v) is 4.28. The molecule has 98 valence electrons. The highest BCUT2D eigenvalue weighted by Crippen LogP contribution is 2.26. The summed E-state index contributed by atoms with van der Waals surface area (Å²) in [5.41, 5.74) is 2.96. The topological polar surface area (TPSA) is 24.5 Å². The van der Waals surface area contributed by atoms with E-state index in [1.54, 1.807) is 7.11 Å². The van der Waals surface area contributed by atoms with E-state index in [1.165, 1.54) is 50.0 Å². The Morgan fingerprint density at radius 3 is 2.83 bits per heavy atom. The first-order valence-corrected chi connectivity index (χ1v) is 6.97. The van der Waals surface area contributed by atoms with E-state index in [-0.39, 0.29) is 0 Å². The van der Waals surface area contributed by atoms with Crippen LogP contribution in [-0.4, -0.2) is 37.7 Å². The quantitative estimate of drug-likeness (QED) is 0.861. The van der Waals surface area contributed by atoms with Gasteiger partial charge in [0, 0.05) is 19.1 Å². The fourth-order valence-corrected chi connectivity index (χ4v) is 3.17. The van der Waals surface area contributed by atoms with Crippen LogP contribution in [0.4, 0.5) is 0 Å². The standard InChI is InChI=1S/C15H22N2O/c1-18-15-3-2-12-6-9-17(11-13(12)10-15)14-4-7-16-8-5-14/h2-3,10,14,16H,4-9,11H2,1H3. The molecule has 18 heavy (non-hydrogen) atoms. The average molecular weight is 246 g/mol. The van der Waals surface area contributed by atoms with Crippen molar-refractivity contribution in [2.24, 2.45) is 0 Å². The molecule has 3 rings (SSSR count). The molecule has 3 heteroatoms. The molecule has 1 fully saturated rings. The highest BCUT2D eigenvalue weighted by atomic mass is 16.5. The first-order valence-electron chi connectivity index (χ1n) is 6.97. The van der Waals surface area contributed by atoms with Gasteiger partial charge in [-0.25, -0.2) is 0 Å². The molecule has 0 saturated carbocycles. The molecule has 0 aromatic heterocycles. The van der Waals surface area contributed by atoms with Crippen LogP contribution in [-0.2, 0) is 13.0 Å². The minimum Gasteiger partial charge on any atom is -0.497 e. The zero-order chi connectivity index (χ0) is 12.4. The van der Waals surface area contributed by atoms with Crippen molar-refractivity contribution in [1.29, 1.82) is 0 Å². The van der Waals surface area contributed by atoms with Crippen LogP contribution in [0, 0.1) is 0 Å². The van der Waals surface area contributed by atoms with Crippen molar-refractivity contribution in [2.75, 3.05) is 26.7 Å². The summed E-state index contributed by atoms with van der Waals surface area (Å²) in [4.78, 5) is 2.66. The molecule has 2 heterocycles. The SMILES string of the molecule is COc1ccc2c(c1)CN(C1CCNCC1)CC2. The van der Waals surface area contributed by atoms with Gasteiger partial charge in [0.1, 0.15) is 5.75 Å². The molecular weight excluding hydrogens is 224 g/mol. The Morgan fingerprint density at radius 1 is 1.22 bits per heavy atom. The van der Waals surface area contributed by atoms with Crippen LogP contribution in [0.25, 0.3) is 0 Å². The highest BCUT2D eigenvalue weighted by Gasteiger charge is 2.24. The maximum atomic E-state index is 5.33. The summed E-state index contributed by atoms with van der Waals surface area (Å²) in [5.74, 6) is 0.987. The molecule has 2 aliphatic heterocycles. The van der Waals surface area contributed by atoms with Gasteiger partial charge in [-0.05, 0) is 55.6 Å². The van der Waals surface area contributed by atoms with Gasteiger partial charge < -0.3 is 10.1 Å². The number of ether oxygens (including phenoxy) is 1. The van der Waals surface area contributed by atoms with Gasteiger partial charge in [0.15, 0.2) is 0 Å². The van der Waals surface area contributed by atoms with Gasteiger partial charge in [0.05, 0.1) is 7.11 Å². The molecule has 1 N–H and O–H groups in total. The number of hydrogen-bond donors (Lipinski definition) is 1. The van der Waals surface area contributed by atoms with E-state index < -0.39 is 0 Å². The molecular formula is C15H22N2O. The van der Waals surface area contributed by atoms with Crippen LogP contribution < -0.4 is 10.1 Å². The van der Waals surface area contributed by atoms with E-state index in [4.69, 9.17) is 4.74 Å². The lowest BCUT2D eigenvalue weighted by molar-refractivity contribution is 0.147. The fraction of sp³-hybridized carbons (Fsp3) is 0.600. The molecule has 1 aromatic rings. The maximum Gasteiger partial charge on any atom is 0.119 e. The van der Waals surface area contributed by atoms with Crippen molar-refractivity contribution in [1.82, 2.24) is 10.2 Å². The predicted octanol–water partition coefficient (Wildman–Crippen LogP) is 1.81. The van der Waals surface area contributed by atoms with Crippen molar-refractivity contribution in [3.05, 3.63) is 29.3 Å². The Bertz CT molecular complexity index is 413. The number of methoxy groups -OCH3 is 1. The Balaban J connectivity index is 1.74. The Labute approximate surface area is 109 Å². The summed E-state index contributed by atoms with van der Waals surface area (Å²) >= 11 is 0. The Kier molecular flexibility index (Phi) is 3.52. The van der Waals surface area contributed by atoms with E-state index in [1.807, 2.05) is 0 Å². The van der Waals surface area contributed by atoms with Gasteiger partial charge >= 0.3 is 0 Å². The number of hydrogen-bond acceptors (Lipinski definition) is 3. The van der Waals surface area contributed by atoms with Crippen LogP contribution in [0.5, 0.6) is 5.75 Å². The summed E-state index contributed by atoms with van der Waals surface area (Å²) in [5, 5.41) is 3.44.